The van der Waals surface area contributed by atoms with Gasteiger partial charge in [0, 0.05) is 51.9 Å². The van der Waals surface area contributed by atoms with Crippen molar-refractivity contribution in [3.05, 3.63) is 59.7 Å². The number of carbonyl (C=O) groups is 1. The number of piperidine rings is 1. The van der Waals surface area contributed by atoms with Gasteiger partial charge in [-0.2, -0.15) is 0 Å². The van der Waals surface area contributed by atoms with Gasteiger partial charge in [-0.15, -0.1) is 0 Å². The van der Waals surface area contributed by atoms with Crippen molar-refractivity contribution in [2.24, 2.45) is 11.7 Å². The standard InChI is InChI=1S/C29H41N3O3/c1-22-11-13-23(14-12-22)26-9-3-4-10-27(26)29(34,16-5-6-19-35-2)24-8-7-17-31(20-24)28(33)32-18-15-25(30)21-32/h3-4,9-14,24-25,34H,5-8,15-21,30H2,1-2H3/t24-,25+,29+/m1/s1. The minimum absolute atomic E-state index is 0.0365. The van der Waals surface area contributed by atoms with E-state index in [9.17, 15) is 9.90 Å². The van der Waals surface area contributed by atoms with Crippen molar-refractivity contribution < 1.29 is 14.6 Å². The number of methoxy groups -OCH3 is 1. The molecule has 0 aliphatic carbocycles. The smallest absolute Gasteiger partial charge is 0.320 e. The third kappa shape index (κ3) is 5.88. The highest BCUT2D eigenvalue weighted by atomic mass is 16.5. The van der Waals surface area contributed by atoms with Gasteiger partial charge in [0.1, 0.15) is 0 Å². The average Bonchev–Trinajstić information content (AvgIpc) is 3.33. The summed E-state index contributed by atoms with van der Waals surface area (Å²) in [5.41, 5.74) is 9.38. The molecule has 0 bridgehead atoms. The van der Waals surface area contributed by atoms with Crippen LogP contribution in [0.1, 0.15) is 49.7 Å². The number of amides is 2. The Morgan fingerprint density at radius 3 is 2.51 bits per heavy atom. The normalized spacial score (nSPS) is 22.3. The fourth-order valence-electron chi connectivity index (χ4n) is 5.75. The van der Waals surface area contributed by atoms with Crippen molar-refractivity contribution in [2.75, 3.05) is 39.9 Å². The molecule has 6 heteroatoms. The number of hydrogen-bond acceptors (Lipinski definition) is 4. The number of benzene rings is 2. The maximum Gasteiger partial charge on any atom is 0.320 e. The molecule has 2 fully saturated rings. The summed E-state index contributed by atoms with van der Waals surface area (Å²) in [6.07, 6.45) is 5.04. The summed E-state index contributed by atoms with van der Waals surface area (Å²) >= 11 is 0. The number of ether oxygens (including phenoxy) is 1. The molecule has 0 spiro atoms. The summed E-state index contributed by atoms with van der Waals surface area (Å²) in [7, 11) is 1.72. The molecule has 0 saturated carbocycles. The Kier molecular flexibility index (Phi) is 8.47. The van der Waals surface area contributed by atoms with E-state index in [2.05, 4.69) is 43.3 Å². The van der Waals surface area contributed by atoms with Crippen molar-refractivity contribution in [3.63, 3.8) is 0 Å². The third-order valence-electron chi connectivity index (χ3n) is 7.77. The summed E-state index contributed by atoms with van der Waals surface area (Å²) < 4.78 is 5.28. The van der Waals surface area contributed by atoms with Gasteiger partial charge >= 0.3 is 6.03 Å². The van der Waals surface area contributed by atoms with Gasteiger partial charge < -0.3 is 25.4 Å². The van der Waals surface area contributed by atoms with Crippen LogP contribution >= 0.6 is 0 Å². The van der Waals surface area contributed by atoms with E-state index in [1.807, 2.05) is 21.9 Å². The second-order valence-corrected chi connectivity index (χ2v) is 10.3. The molecule has 35 heavy (non-hydrogen) atoms. The Balaban J connectivity index is 1.64. The van der Waals surface area contributed by atoms with Crippen LogP contribution in [0.3, 0.4) is 0 Å². The van der Waals surface area contributed by atoms with Crippen LogP contribution in [0.5, 0.6) is 0 Å². The van der Waals surface area contributed by atoms with E-state index < -0.39 is 5.60 Å². The lowest BCUT2D eigenvalue weighted by atomic mass is 9.72. The molecule has 0 aromatic heterocycles. The Bertz CT molecular complexity index is 979. The highest BCUT2D eigenvalue weighted by Gasteiger charge is 2.43. The average molecular weight is 480 g/mol. The van der Waals surface area contributed by atoms with E-state index in [4.69, 9.17) is 10.5 Å². The van der Waals surface area contributed by atoms with Crippen molar-refractivity contribution in [1.82, 2.24) is 9.80 Å². The fourth-order valence-corrected chi connectivity index (χ4v) is 5.75. The molecule has 2 saturated heterocycles. The van der Waals surface area contributed by atoms with Gasteiger partial charge in [-0.1, -0.05) is 54.1 Å². The predicted molar refractivity (Wildman–Crippen MR) is 140 cm³/mol. The van der Waals surface area contributed by atoms with Crippen LogP contribution in [0.4, 0.5) is 4.79 Å². The largest absolute Gasteiger partial charge is 0.385 e. The number of aliphatic hydroxyl groups is 1. The van der Waals surface area contributed by atoms with Gasteiger partial charge in [-0.25, -0.2) is 4.79 Å². The lowest BCUT2D eigenvalue weighted by Crippen LogP contribution is -2.51. The molecule has 2 heterocycles. The Morgan fingerprint density at radius 1 is 1.06 bits per heavy atom. The molecule has 190 valence electrons. The van der Waals surface area contributed by atoms with Crippen molar-refractivity contribution in [1.29, 1.82) is 0 Å². The van der Waals surface area contributed by atoms with Crippen LogP contribution in [0.25, 0.3) is 11.1 Å². The van der Waals surface area contributed by atoms with E-state index >= 15 is 0 Å². The highest BCUT2D eigenvalue weighted by Crippen LogP contribution is 2.43. The van der Waals surface area contributed by atoms with Crippen LogP contribution in [-0.2, 0) is 10.3 Å². The van der Waals surface area contributed by atoms with Crippen LogP contribution < -0.4 is 5.73 Å². The minimum Gasteiger partial charge on any atom is -0.385 e. The molecule has 0 radical (unpaired) electrons. The molecular formula is C29H41N3O3. The highest BCUT2D eigenvalue weighted by molar-refractivity contribution is 5.75. The number of rotatable bonds is 8. The van der Waals surface area contributed by atoms with E-state index in [1.54, 1.807) is 7.11 Å². The van der Waals surface area contributed by atoms with Gasteiger partial charge in [-0.05, 0) is 62.1 Å². The van der Waals surface area contributed by atoms with Gasteiger partial charge in [0.2, 0.25) is 0 Å². The van der Waals surface area contributed by atoms with Crippen molar-refractivity contribution in [3.8, 4) is 11.1 Å². The monoisotopic (exact) mass is 479 g/mol. The molecule has 2 amide bonds. The first-order valence-corrected chi connectivity index (χ1v) is 13.1. The first kappa shape index (κ1) is 25.7. The summed E-state index contributed by atoms with van der Waals surface area (Å²) in [6.45, 7) is 5.41. The topological polar surface area (TPSA) is 79.0 Å². The summed E-state index contributed by atoms with van der Waals surface area (Å²) in [6, 6.07) is 16.9. The predicted octanol–water partition coefficient (Wildman–Crippen LogP) is 4.53. The first-order valence-electron chi connectivity index (χ1n) is 13.1. The zero-order chi connectivity index (χ0) is 24.8. The maximum atomic E-state index is 13.3. The van der Waals surface area contributed by atoms with Crippen LogP contribution in [0.15, 0.2) is 48.5 Å². The van der Waals surface area contributed by atoms with Gasteiger partial charge in [0.05, 0.1) is 5.60 Å². The van der Waals surface area contributed by atoms with Gasteiger partial charge in [-0.3, -0.25) is 0 Å². The number of nitrogens with zero attached hydrogens (tertiary/aromatic N) is 2. The molecule has 4 rings (SSSR count). The van der Waals surface area contributed by atoms with Crippen LogP contribution in [0, 0.1) is 12.8 Å². The number of nitrogens with two attached hydrogens (primary N) is 1. The van der Waals surface area contributed by atoms with Crippen molar-refractivity contribution >= 4 is 6.03 Å². The third-order valence-corrected chi connectivity index (χ3v) is 7.77. The van der Waals surface area contributed by atoms with E-state index in [0.717, 1.165) is 61.9 Å². The Morgan fingerprint density at radius 2 is 1.80 bits per heavy atom. The molecular weight excluding hydrogens is 438 g/mol. The number of aryl methyl sites for hydroxylation is 1. The molecule has 2 aliphatic heterocycles. The van der Waals surface area contributed by atoms with E-state index in [0.29, 0.717) is 26.1 Å². The Hall–Kier alpha value is -2.41. The van der Waals surface area contributed by atoms with E-state index in [1.165, 1.54) is 5.56 Å². The number of likely N-dealkylation sites (tertiary alicyclic amines) is 2. The lowest BCUT2D eigenvalue weighted by Gasteiger charge is -2.44. The second-order valence-electron chi connectivity index (χ2n) is 10.3. The lowest BCUT2D eigenvalue weighted by molar-refractivity contribution is -0.0571. The van der Waals surface area contributed by atoms with Crippen LogP contribution in [-0.4, -0.2) is 66.9 Å². The second kappa shape index (κ2) is 11.5. The maximum absolute atomic E-state index is 13.3. The summed E-state index contributed by atoms with van der Waals surface area (Å²) in [5.74, 6) is -0.0365. The van der Waals surface area contributed by atoms with E-state index in [-0.39, 0.29) is 18.0 Å². The molecule has 3 N–H and O–H groups in total. The summed E-state index contributed by atoms with van der Waals surface area (Å²) in [4.78, 5) is 17.1. The van der Waals surface area contributed by atoms with Gasteiger partial charge in [0.25, 0.3) is 0 Å². The number of hydrogen-bond donors (Lipinski definition) is 2. The zero-order valence-electron chi connectivity index (χ0n) is 21.3. The quantitative estimate of drug-likeness (QED) is 0.545. The molecule has 3 atom stereocenters. The Labute approximate surface area is 210 Å². The van der Waals surface area contributed by atoms with Crippen LogP contribution in [0.2, 0.25) is 0 Å². The fraction of sp³-hybridized carbons (Fsp3) is 0.552. The van der Waals surface area contributed by atoms with Gasteiger partial charge in [0.15, 0.2) is 0 Å². The molecule has 2 aromatic rings. The zero-order valence-corrected chi connectivity index (χ0v) is 21.3. The number of urea groups is 1. The first-order chi connectivity index (χ1) is 16.9. The number of carbonyl (C=O) groups excluding carboxylic acids is 1. The number of unbranched alkanes of at least 4 members (excludes halogenated alkanes) is 1. The molecule has 6 nitrogen and oxygen atoms in total. The molecule has 0 unspecified atom stereocenters. The molecule has 2 aromatic carbocycles. The molecule has 2 aliphatic rings. The minimum atomic E-state index is -1.03. The van der Waals surface area contributed by atoms with Crippen molar-refractivity contribution in [2.45, 2.75) is 57.1 Å². The SMILES string of the molecule is COCCCC[C@@](O)(c1ccccc1-c1ccc(C)cc1)[C@@H]1CCCN(C(=O)N2CC[C@H](N)C2)C1. The summed E-state index contributed by atoms with van der Waals surface area (Å²) in [5, 5.41) is 12.5.